The van der Waals surface area contributed by atoms with Crippen LogP contribution >= 0.6 is 0 Å². The zero-order chi connectivity index (χ0) is 27.3. The number of amides is 3. The first kappa shape index (κ1) is 28.2. The maximum absolute atomic E-state index is 14.9. The van der Waals surface area contributed by atoms with Gasteiger partial charge in [0.1, 0.15) is 11.6 Å². The molecule has 0 spiro atoms. The number of halogens is 1. The molecule has 0 atom stereocenters. The van der Waals surface area contributed by atoms with Gasteiger partial charge in [0.25, 0.3) is 11.8 Å². The zero-order valence-electron chi connectivity index (χ0n) is 22.7. The van der Waals surface area contributed by atoms with E-state index >= 15 is 0 Å². The monoisotopic (exact) mass is 511 g/mol. The molecule has 0 radical (unpaired) electrons. The standard InChI is InChI=1S/C29H38FN3O4/c1-18-23(14-20(15-24(18)30)28(36)32-21-10-11-21)22-12-9-19(27(35)31-17-29(2,3)4)16-25(22)37-13-7-8-26(34)33(5)6/h9,12,14-16,21H,7-8,10-11,13,17H2,1-6H3,(H,31,35)(H,32,36). The van der Waals surface area contributed by atoms with E-state index in [9.17, 15) is 18.8 Å². The second-order valence-corrected chi connectivity index (χ2v) is 11.1. The molecule has 200 valence electrons. The lowest BCUT2D eigenvalue weighted by Gasteiger charge is -2.20. The summed E-state index contributed by atoms with van der Waals surface area (Å²) in [6.45, 7) is 8.48. The lowest BCUT2D eigenvalue weighted by molar-refractivity contribution is -0.128. The molecule has 2 aromatic carbocycles. The first-order valence-corrected chi connectivity index (χ1v) is 12.7. The van der Waals surface area contributed by atoms with Gasteiger partial charge in [-0.15, -0.1) is 0 Å². The molecule has 7 nitrogen and oxygen atoms in total. The largest absolute Gasteiger partial charge is 0.493 e. The van der Waals surface area contributed by atoms with Gasteiger partial charge >= 0.3 is 0 Å². The van der Waals surface area contributed by atoms with Crippen LogP contribution in [0.25, 0.3) is 11.1 Å². The maximum atomic E-state index is 14.9. The third kappa shape index (κ3) is 8.03. The molecule has 0 saturated heterocycles. The molecule has 8 heteroatoms. The molecule has 3 rings (SSSR count). The van der Waals surface area contributed by atoms with E-state index in [0.29, 0.717) is 47.4 Å². The average Bonchev–Trinajstić information content (AvgIpc) is 3.65. The van der Waals surface area contributed by atoms with E-state index in [-0.39, 0.29) is 41.3 Å². The van der Waals surface area contributed by atoms with Gasteiger partial charge in [-0.1, -0.05) is 20.8 Å². The summed E-state index contributed by atoms with van der Waals surface area (Å²) in [5.74, 6) is -0.664. The van der Waals surface area contributed by atoms with E-state index in [1.165, 1.54) is 11.0 Å². The van der Waals surface area contributed by atoms with Crippen molar-refractivity contribution in [3.8, 4) is 16.9 Å². The summed E-state index contributed by atoms with van der Waals surface area (Å²) >= 11 is 0. The second kappa shape index (κ2) is 11.8. The predicted octanol–water partition coefficient (Wildman–Crippen LogP) is 4.72. The molecule has 1 aliphatic rings. The minimum absolute atomic E-state index is 0.00794. The Morgan fingerprint density at radius 3 is 2.35 bits per heavy atom. The Kier molecular flexibility index (Phi) is 8.94. The fourth-order valence-corrected chi connectivity index (χ4v) is 3.67. The number of benzene rings is 2. The van der Waals surface area contributed by atoms with Crippen LogP contribution in [0.4, 0.5) is 4.39 Å². The molecule has 1 aliphatic carbocycles. The lowest BCUT2D eigenvalue weighted by Crippen LogP contribution is -2.32. The first-order chi connectivity index (χ1) is 17.4. The van der Waals surface area contributed by atoms with Crippen LogP contribution in [-0.2, 0) is 4.79 Å². The fourth-order valence-electron chi connectivity index (χ4n) is 3.67. The number of hydrogen-bond acceptors (Lipinski definition) is 4. The van der Waals surface area contributed by atoms with Crippen LogP contribution in [0, 0.1) is 18.2 Å². The van der Waals surface area contributed by atoms with Crippen molar-refractivity contribution in [2.75, 3.05) is 27.2 Å². The van der Waals surface area contributed by atoms with Crippen molar-refractivity contribution in [1.29, 1.82) is 0 Å². The summed E-state index contributed by atoms with van der Waals surface area (Å²) in [5, 5.41) is 5.83. The molecular weight excluding hydrogens is 473 g/mol. The molecule has 0 aliphatic heterocycles. The Morgan fingerprint density at radius 1 is 1.03 bits per heavy atom. The van der Waals surface area contributed by atoms with Gasteiger partial charge in [0.15, 0.2) is 0 Å². The number of rotatable bonds is 10. The number of nitrogens with zero attached hydrogens (tertiary/aromatic N) is 1. The molecule has 37 heavy (non-hydrogen) atoms. The highest BCUT2D eigenvalue weighted by Gasteiger charge is 2.25. The molecule has 2 aromatic rings. The Bertz CT molecular complexity index is 1170. The van der Waals surface area contributed by atoms with Gasteiger partial charge in [-0.05, 0) is 73.1 Å². The highest BCUT2D eigenvalue weighted by Crippen LogP contribution is 2.35. The molecule has 1 saturated carbocycles. The summed E-state index contributed by atoms with van der Waals surface area (Å²) in [6.07, 6.45) is 2.66. The minimum atomic E-state index is -0.493. The SMILES string of the molecule is Cc1c(F)cc(C(=O)NC2CC2)cc1-c1ccc(C(=O)NCC(C)(C)C)cc1OCCCC(=O)N(C)C. The minimum Gasteiger partial charge on any atom is -0.493 e. The van der Waals surface area contributed by atoms with Gasteiger partial charge in [0.2, 0.25) is 5.91 Å². The summed E-state index contributed by atoms with van der Waals surface area (Å²) in [6, 6.07) is 8.08. The zero-order valence-corrected chi connectivity index (χ0v) is 22.7. The predicted molar refractivity (Wildman–Crippen MR) is 142 cm³/mol. The number of carbonyl (C=O) groups excluding carboxylic acids is 3. The van der Waals surface area contributed by atoms with E-state index in [1.54, 1.807) is 45.3 Å². The molecular formula is C29H38FN3O4. The third-order valence-electron chi connectivity index (χ3n) is 6.12. The van der Waals surface area contributed by atoms with Gasteiger partial charge in [-0.2, -0.15) is 0 Å². The summed E-state index contributed by atoms with van der Waals surface area (Å²) in [5.41, 5.74) is 2.03. The molecule has 0 aromatic heterocycles. The lowest BCUT2D eigenvalue weighted by atomic mass is 9.95. The van der Waals surface area contributed by atoms with Crippen molar-refractivity contribution in [3.05, 3.63) is 52.8 Å². The number of carbonyl (C=O) groups is 3. The van der Waals surface area contributed by atoms with Crippen LogP contribution in [0.2, 0.25) is 0 Å². The summed E-state index contributed by atoms with van der Waals surface area (Å²) < 4.78 is 21.0. The molecule has 3 amide bonds. The maximum Gasteiger partial charge on any atom is 0.251 e. The van der Waals surface area contributed by atoms with Crippen LogP contribution in [0.3, 0.4) is 0 Å². The van der Waals surface area contributed by atoms with Crippen molar-refractivity contribution >= 4 is 17.7 Å². The van der Waals surface area contributed by atoms with Crippen molar-refractivity contribution in [1.82, 2.24) is 15.5 Å². The van der Waals surface area contributed by atoms with Gasteiger partial charge < -0.3 is 20.3 Å². The average molecular weight is 512 g/mol. The van der Waals surface area contributed by atoms with Crippen LogP contribution in [0.1, 0.15) is 72.7 Å². The molecule has 0 unspecified atom stereocenters. The molecule has 2 N–H and O–H groups in total. The highest BCUT2D eigenvalue weighted by atomic mass is 19.1. The quantitative estimate of drug-likeness (QED) is 0.452. The van der Waals surface area contributed by atoms with E-state index < -0.39 is 5.82 Å². The van der Waals surface area contributed by atoms with E-state index in [4.69, 9.17) is 4.74 Å². The number of ether oxygens (including phenoxy) is 1. The van der Waals surface area contributed by atoms with Crippen molar-refractivity contribution < 1.29 is 23.5 Å². The van der Waals surface area contributed by atoms with E-state index in [2.05, 4.69) is 10.6 Å². The molecule has 0 heterocycles. The van der Waals surface area contributed by atoms with E-state index in [0.717, 1.165) is 12.8 Å². The Labute approximate surface area is 218 Å². The Balaban J connectivity index is 1.93. The number of nitrogens with one attached hydrogen (secondary N) is 2. The van der Waals surface area contributed by atoms with Crippen LogP contribution in [-0.4, -0.2) is 55.9 Å². The third-order valence-corrected chi connectivity index (χ3v) is 6.12. The summed E-state index contributed by atoms with van der Waals surface area (Å²) in [7, 11) is 3.40. The van der Waals surface area contributed by atoms with Crippen molar-refractivity contribution in [2.24, 2.45) is 5.41 Å². The van der Waals surface area contributed by atoms with Crippen molar-refractivity contribution in [3.63, 3.8) is 0 Å². The van der Waals surface area contributed by atoms with Crippen LogP contribution in [0.5, 0.6) is 5.75 Å². The second-order valence-electron chi connectivity index (χ2n) is 11.1. The first-order valence-electron chi connectivity index (χ1n) is 12.7. The Morgan fingerprint density at radius 2 is 1.73 bits per heavy atom. The molecule has 0 bridgehead atoms. The van der Waals surface area contributed by atoms with Gasteiger partial charge in [-0.3, -0.25) is 14.4 Å². The van der Waals surface area contributed by atoms with Crippen LogP contribution < -0.4 is 15.4 Å². The van der Waals surface area contributed by atoms with Gasteiger partial charge in [0.05, 0.1) is 6.61 Å². The summed E-state index contributed by atoms with van der Waals surface area (Å²) in [4.78, 5) is 38.9. The highest BCUT2D eigenvalue weighted by molar-refractivity contribution is 5.98. The van der Waals surface area contributed by atoms with Gasteiger partial charge in [-0.25, -0.2) is 4.39 Å². The van der Waals surface area contributed by atoms with Crippen molar-refractivity contribution in [2.45, 2.75) is 59.4 Å². The molecule has 1 fully saturated rings. The Hall–Kier alpha value is -3.42. The van der Waals surface area contributed by atoms with Gasteiger partial charge in [0, 0.05) is 49.8 Å². The smallest absolute Gasteiger partial charge is 0.251 e. The van der Waals surface area contributed by atoms with Crippen LogP contribution in [0.15, 0.2) is 30.3 Å². The topological polar surface area (TPSA) is 87.7 Å². The van der Waals surface area contributed by atoms with E-state index in [1.807, 2.05) is 20.8 Å². The normalized spacial score (nSPS) is 13.2. The number of hydrogen-bond donors (Lipinski definition) is 2. The fraction of sp³-hybridized carbons (Fsp3) is 0.483.